The van der Waals surface area contributed by atoms with Crippen molar-refractivity contribution < 1.29 is 0 Å². The van der Waals surface area contributed by atoms with E-state index in [4.69, 9.17) is 11.6 Å². The van der Waals surface area contributed by atoms with Crippen LogP contribution in [0.2, 0.25) is 5.28 Å². The van der Waals surface area contributed by atoms with Gasteiger partial charge in [-0.2, -0.15) is 15.0 Å². The average molecular weight is 295 g/mol. The predicted octanol–water partition coefficient (Wildman–Crippen LogP) is 3.36. The number of rotatable bonds is 3. The zero-order valence-corrected chi connectivity index (χ0v) is 12.9. The van der Waals surface area contributed by atoms with Gasteiger partial charge in [0.1, 0.15) is 0 Å². The van der Waals surface area contributed by atoms with Crippen molar-refractivity contribution in [3.05, 3.63) is 34.6 Å². The van der Waals surface area contributed by atoms with Crippen LogP contribution < -0.4 is 4.90 Å². The number of anilines is 1. The second-order valence-corrected chi connectivity index (χ2v) is 5.81. The summed E-state index contributed by atoms with van der Waals surface area (Å²) in [6, 6.07) is 6.26. The maximum absolute atomic E-state index is 5.91. The van der Waals surface area contributed by atoms with Crippen molar-refractivity contribution in [2.75, 3.05) is 19.0 Å². The number of hydrogen-bond acceptors (Lipinski definition) is 5. The molecule has 0 spiro atoms. The molecule has 0 aliphatic carbocycles. The van der Waals surface area contributed by atoms with Crippen LogP contribution in [0.1, 0.15) is 11.1 Å². The number of hydrogen-bond donors (Lipinski definition) is 0. The molecule has 19 heavy (non-hydrogen) atoms. The molecule has 0 radical (unpaired) electrons. The van der Waals surface area contributed by atoms with Crippen LogP contribution in [0.25, 0.3) is 0 Å². The standard InChI is InChI=1S/C13H15ClN4S/c1-8-5-6-10(7-9(8)2)19-13-16-11(14)15-12(17-13)18(3)4/h5-7H,1-4H3. The van der Waals surface area contributed by atoms with Crippen molar-refractivity contribution in [1.29, 1.82) is 0 Å². The topological polar surface area (TPSA) is 41.9 Å². The smallest absolute Gasteiger partial charge is 0.230 e. The maximum Gasteiger partial charge on any atom is 0.230 e. The van der Waals surface area contributed by atoms with Gasteiger partial charge in [0.15, 0.2) is 5.16 Å². The summed E-state index contributed by atoms with van der Waals surface area (Å²) < 4.78 is 0. The third-order valence-corrected chi connectivity index (χ3v) is 3.69. The molecule has 0 amide bonds. The largest absolute Gasteiger partial charge is 0.347 e. The van der Waals surface area contributed by atoms with Crippen molar-refractivity contribution in [3.8, 4) is 0 Å². The third-order valence-electron chi connectivity index (χ3n) is 2.66. The lowest BCUT2D eigenvalue weighted by Crippen LogP contribution is -2.13. The monoisotopic (exact) mass is 294 g/mol. The normalized spacial score (nSPS) is 10.6. The number of halogens is 1. The van der Waals surface area contributed by atoms with Crippen molar-refractivity contribution in [2.45, 2.75) is 23.9 Å². The van der Waals surface area contributed by atoms with Gasteiger partial charge in [0, 0.05) is 19.0 Å². The van der Waals surface area contributed by atoms with E-state index >= 15 is 0 Å². The Bertz CT molecular complexity index is 601. The van der Waals surface area contributed by atoms with Crippen LogP contribution in [0, 0.1) is 13.8 Å². The Labute approximate surface area is 122 Å². The van der Waals surface area contributed by atoms with Gasteiger partial charge < -0.3 is 4.90 Å². The van der Waals surface area contributed by atoms with Crippen LogP contribution >= 0.6 is 23.4 Å². The average Bonchev–Trinajstić information content (AvgIpc) is 2.33. The molecule has 2 rings (SSSR count). The Kier molecular flexibility index (Phi) is 4.27. The van der Waals surface area contributed by atoms with Gasteiger partial charge in [-0.15, -0.1) is 0 Å². The SMILES string of the molecule is Cc1ccc(Sc2nc(Cl)nc(N(C)C)n2)cc1C. The highest BCUT2D eigenvalue weighted by Gasteiger charge is 2.08. The molecule has 2 aromatic rings. The summed E-state index contributed by atoms with van der Waals surface area (Å²) >= 11 is 7.40. The minimum atomic E-state index is 0.213. The zero-order valence-electron chi connectivity index (χ0n) is 11.3. The Hall–Kier alpha value is -1.33. The van der Waals surface area contributed by atoms with Crippen LogP contribution in [-0.2, 0) is 0 Å². The van der Waals surface area contributed by atoms with Crippen molar-refractivity contribution in [3.63, 3.8) is 0 Å². The first-order chi connectivity index (χ1) is 8.95. The molecule has 0 unspecified atom stereocenters. The predicted molar refractivity (Wildman–Crippen MR) is 79.2 cm³/mol. The summed E-state index contributed by atoms with van der Waals surface area (Å²) in [4.78, 5) is 15.5. The fraction of sp³-hybridized carbons (Fsp3) is 0.308. The lowest BCUT2D eigenvalue weighted by atomic mass is 10.1. The van der Waals surface area contributed by atoms with Gasteiger partial charge in [0.25, 0.3) is 0 Å². The molecule has 0 N–H and O–H groups in total. The molecule has 0 aliphatic rings. The van der Waals surface area contributed by atoms with Crippen LogP contribution in [0.5, 0.6) is 0 Å². The summed E-state index contributed by atoms with van der Waals surface area (Å²) in [5, 5.41) is 0.817. The Morgan fingerprint density at radius 1 is 1.05 bits per heavy atom. The highest BCUT2D eigenvalue weighted by molar-refractivity contribution is 7.99. The molecule has 0 fully saturated rings. The first-order valence-corrected chi connectivity index (χ1v) is 6.99. The van der Waals surface area contributed by atoms with Crippen LogP contribution in [0.3, 0.4) is 0 Å². The maximum atomic E-state index is 5.91. The molecule has 0 saturated heterocycles. The summed E-state index contributed by atoms with van der Waals surface area (Å²) in [6.07, 6.45) is 0. The van der Waals surface area contributed by atoms with Gasteiger partial charge in [-0.3, -0.25) is 0 Å². The highest BCUT2D eigenvalue weighted by Crippen LogP contribution is 2.27. The molecule has 0 bridgehead atoms. The molecule has 4 nitrogen and oxygen atoms in total. The van der Waals surface area contributed by atoms with E-state index in [1.807, 2.05) is 14.1 Å². The first-order valence-electron chi connectivity index (χ1n) is 5.79. The molecular weight excluding hydrogens is 280 g/mol. The van der Waals surface area contributed by atoms with Gasteiger partial charge in [-0.1, -0.05) is 6.07 Å². The number of benzene rings is 1. The van der Waals surface area contributed by atoms with E-state index in [0.717, 1.165) is 4.90 Å². The van der Waals surface area contributed by atoms with Gasteiger partial charge in [-0.05, 0) is 60.5 Å². The third kappa shape index (κ3) is 3.58. The van der Waals surface area contributed by atoms with E-state index < -0.39 is 0 Å². The summed E-state index contributed by atoms with van der Waals surface area (Å²) in [5.74, 6) is 0.561. The van der Waals surface area contributed by atoms with Gasteiger partial charge in [-0.25, -0.2) is 0 Å². The summed E-state index contributed by atoms with van der Waals surface area (Å²) in [6.45, 7) is 4.18. The quantitative estimate of drug-likeness (QED) is 0.868. The Morgan fingerprint density at radius 3 is 2.42 bits per heavy atom. The molecule has 100 valence electrons. The van der Waals surface area contributed by atoms with Gasteiger partial charge >= 0.3 is 0 Å². The van der Waals surface area contributed by atoms with Gasteiger partial charge in [0.05, 0.1) is 0 Å². The Balaban J connectivity index is 2.29. The summed E-state index contributed by atoms with van der Waals surface area (Å²) in [7, 11) is 3.74. The molecule has 0 saturated carbocycles. The van der Waals surface area contributed by atoms with E-state index in [-0.39, 0.29) is 5.28 Å². The van der Waals surface area contributed by atoms with Crippen LogP contribution in [0.15, 0.2) is 28.3 Å². The van der Waals surface area contributed by atoms with E-state index in [0.29, 0.717) is 11.1 Å². The van der Waals surface area contributed by atoms with Crippen molar-refractivity contribution in [2.24, 2.45) is 0 Å². The van der Waals surface area contributed by atoms with E-state index in [1.54, 1.807) is 4.90 Å². The summed E-state index contributed by atoms with van der Waals surface area (Å²) in [5.41, 5.74) is 2.52. The number of aromatic nitrogens is 3. The highest BCUT2D eigenvalue weighted by atomic mass is 35.5. The molecule has 6 heteroatoms. The van der Waals surface area contributed by atoms with Crippen molar-refractivity contribution >= 4 is 29.3 Å². The van der Waals surface area contributed by atoms with E-state index in [2.05, 4.69) is 47.0 Å². The van der Waals surface area contributed by atoms with Crippen molar-refractivity contribution in [1.82, 2.24) is 15.0 Å². The lowest BCUT2D eigenvalue weighted by Gasteiger charge is -2.11. The second kappa shape index (κ2) is 5.75. The minimum Gasteiger partial charge on any atom is -0.347 e. The van der Waals surface area contributed by atoms with Crippen LogP contribution in [-0.4, -0.2) is 29.0 Å². The lowest BCUT2D eigenvalue weighted by molar-refractivity contribution is 0.865. The Morgan fingerprint density at radius 2 is 1.79 bits per heavy atom. The number of nitrogens with zero attached hydrogens (tertiary/aromatic N) is 4. The van der Waals surface area contributed by atoms with Gasteiger partial charge in [0.2, 0.25) is 11.2 Å². The fourth-order valence-electron chi connectivity index (χ4n) is 1.45. The molecule has 1 heterocycles. The van der Waals surface area contributed by atoms with E-state index in [9.17, 15) is 0 Å². The molecule has 1 aromatic carbocycles. The molecular formula is C13H15ClN4S. The molecule has 1 aromatic heterocycles. The number of aryl methyl sites for hydroxylation is 2. The minimum absolute atomic E-state index is 0.213. The first kappa shape index (κ1) is 14.1. The van der Waals surface area contributed by atoms with E-state index in [1.165, 1.54) is 22.9 Å². The zero-order chi connectivity index (χ0) is 14.0. The fourth-order valence-corrected chi connectivity index (χ4v) is 2.50. The second-order valence-electron chi connectivity index (χ2n) is 4.43. The molecule has 0 aliphatic heterocycles. The molecule has 0 atom stereocenters. The van der Waals surface area contributed by atoms with Crippen LogP contribution in [0.4, 0.5) is 5.95 Å².